The third-order valence-electron chi connectivity index (χ3n) is 3.94. The Morgan fingerprint density at radius 2 is 2.00 bits per heavy atom. The number of amides is 2. The largest absolute Gasteiger partial charge is 0.455 e. The number of fused-ring (bicyclic) bond motifs is 1. The van der Waals surface area contributed by atoms with Crippen molar-refractivity contribution in [1.82, 2.24) is 10.3 Å². The van der Waals surface area contributed by atoms with Gasteiger partial charge in [0.15, 0.2) is 0 Å². The van der Waals surface area contributed by atoms with Crippen LogP contribution in [0.3, 0.4) is 0 Å². The topological polar surface area (TPSA) is 71.5 Å². The van der Waals surface area contributed by atoms with Gasteiger partial charge in [0.25, 0.3) is 0 Å². The van der Waals surface area contributed by atoms with Crippen molar-refractivity contribution in [3.63, 3.8) is 0 Å². The van der Waals surface area contributed by atoms with Crippen molar-refractivity contribution >= 4 is 39.2 Å². The van der Waals surface area contributed by atoms with Gasteiger partial charge in [-0.25, -0.2) is 14.6 Å². The van der Waals surface area contributed by atoms with E-state index in [4.69, 9.17) is 4.74 Å². The monoisotopic (exact) mass is 353 g/mol. The van der Waals surface area contributed by atoms with Gasteiger partial charge in [0, 0.05) is 18.8 Å². The number of hydrogen-bond acceptors (Lipinski definition) is 5. The van der Waals surface area contributed by atoms with Crippen LogP contribution in [0, 0.1) is 0 Å². The molecule has 25 heavy (non-hydrogen) atoms. The molecule has 1 aromatic heterocycles. The molecule has 1 aliphatic heterocycles. The Morgan fingerprint density at radius 3 is 2.72 bits per heavy atom. The third-order valence-corrected chi connectivity index (χ3v) is 4.95. The Hall–Kier alpha value is -2.93. The van der Waals surface area contributed by atoms with E-state index in [0.717, 1.165) is 20.9 Å². The fourth-order valence-electron chi connectivity index (χ4n) is 2.69. The van der Waals surface area contributed by atoms with Crippen molar-refractivity contribution in [3.05, 3.63) is 59.1 Å². The number of thiazole rings is 1. The zero-order valence-corrected chi connectivity index (χ0v) is 14.1. The van der Waals surface area contributed by atoms with Crippen LogP contribution >= 0.6 is 11.3 Å². The Morgan fingerprint density at radius 1 is 1.20 bits per heavy atom. The quantitative estimate of drug-likeness (QED) is 0.731. The number of nitrogens with zero attached hydrogens (tertiary/aromatic N) is 2. The number of rotatable bonds is 4. The first-order valence-electron chi connectivity index (χ1n) is 7.88. The minimum absolute atomic E-state index is 0.119. The normalized spacial score (nSPS) is 13.9. The highest BCUT2D eigenvalue weighted by Gasteiger charge is 2.21. The molecule has 1 saturated heterocycles. The van der Waals surface area contributed by atoms with E-state index in [9.17, 15) is 9.59 Å². The highest BCUT2D eigenvalue weighted by Crippen LogP contribution is 2.23. The smallest absolute Gasteiger partial charge is 0.338 e. The summed E-state index contributed by atoms with van der Waals surface area (Å²) < 4.78 is 6.42. The maximum atomic E-state index is 12.2. The molecule has 0 bridgehead atoms. The molecule has 0 spiro atoms. The molecule has 126 valence electrons. The SMILES string of the molecule is O=C(OCc1nc2ccccc2s1)c1ccc(N2CCNC2=O)cc1. The lowest BCUT2D eigenvalue weighted by Crippen LogP contribution is -2.27. The summed E-state index contributed by atoms with van der Waals surface area (Å²) in [4.78, 5) is 29.9. The molecule has 3 aromatic rings. The fraction of sp³-hybridized carbons (Fsp3) is 0.167. The van der Waals surface area contributed by atoms with Crippen LogP contribution in [0.2, 0.25) is 0 Å². The molecule has 0 unspecified atom stereocenters. The summed E-state index contributed by atoms with van der Waals surface area (Å²) in [6.07, 6.45) is 0. The molecule has 6 nitrogen and oxygen atoms in total. The number of nitrogens with one attached hydrogen (secondary N) is 1. The van der Waals surface area contributed by atoms with E-state index in [1.807, 2.05) is 24.3 Å². The standard InChI is InChI=1S/C18H15N3O3S/c22-17(24-11-16-20-14-3-1-2-4-15(14)25-16)12-5-7-13(8-6-12)21-10-9-19-18(21)23/h1-8H,9-11H2,(H,19,23). The van der Waals surface area contributed by atoms with Crippen molar-refractivity contribution in [2.45, 2.75) is 6.61 Å². The van der Waals surface area contributed by atoms with Crippen LogP contribution in [0.1, 0.15) is 15.4 Å². The maximum Gasteiger partial charge on any atom is 0.338 e. The van der Waals surface area contributed by atoms with Gasteiger partial charge in [-0.1, -0.05) is 12.1 Å². The molecular formula is C18H15N3O3S. The van der Waals surface area contributed by atoms with Crippen LogP contribution in [-0.4, -0.2) is 30.1 Å². The van der Waals surface area contributed by atoms with Crippen molar-refractivity contribution in [2.75, 3.05) is 18.0 Å². The number of carbonyl (C=O) groups excluding carboxylic acids is 2. The first-order valence-corrected chi connectivity index (χ1v) is 8.69. The highest BCUT2D eigenvalue weighted by atomic mass is 32.1. The average molecular weight is 353 g/mol. The summed E-state index contributed by atoms with van der Waals surface area (Å²) >= 11 is 1.51. The van der Waals surface area contributed by atoms with Gasteiger partial charge < -0.3 is 10.1 Å². The van der Waals surface area contributed by atoms with Gasteiger partial charge in [-0.3, -0.25) is 4.90 Å². The first-order chi connectivity index (χ1) is 12.2. The summed E-state index contributed by atoms with van der Waals surface area (Å²) in [5.74, 6) is -0.406. The van der Waals surface area contributed by atoms with E-state index in [-0.39, 0.29) is 12.6 Å². The molecule has 1 fully saturated rings. The summed E-state index contributed by atoms with van der Waals surface area (Å²) in [5.41, 5.74) is 2.12. The van der Waals surface area contributed by atoms with Crippen LogP contribution < -0.4 is 10.2 Å². The van der Waals surface area contributed by atoms with Gasteiger partial charge in [0.1, 0.15) is 11.6 Å². The number of para-hydroxylation sites is 1. The lowest BCUT2D eigenvalue weighted by Gasteiger charge is -2.14. The highest BCUT2D eigenvalue weighted by molar-refractivity contribution is 7.18. The van der Waals surface area contributed by atoms with Gasteiger partial charge in [-0.15, -0.1) is 11.3 Å². The minimum atomic E-state index is -0.406. The Balaban J connectivity index is 1.41. The number of hydrogen-bond donors (Lipinski definition) is 1. The Labute approximate surface area is 148 Å². The number of benzene rings is 2. The van der Waals surface area contributed by atoms with Gasteiger partial charge in [-0.2, -0.15) is 0 Å². The number of ether oxygens (including phenoxy) is 1. The second kappa shape index (κ2) is 6.52. The van der Waals surface area contributed by atoms with E-state index in [1.165, 1.54) is 11.3 Å². The van der Waals surface area contributed by atoms with E-state index in [2.05, 4.69) is 10.3 Å². The summed E-state index contributed by atoms with van der Waals surface area (Å²) in [6, 6.07) is 14.5. The molecule has 0 atom stereocenters. The van der Waals surface area contributed by atoms with Gasteiger partial charge >= 0.3 is 12.0 Å². The van der Waals surface area contributed by atoms with Crippen molar-refractivity contribution in [1.29, 1.82) is 0 Å². The van der Waals surface area contributed by atoms with E-state index >= 15 is 0 Å². The molecule has 0 radical (unpaired) electrons. The van der Waals surface area contributed by atoms with Crippen LogP contribution in [0.25, 0.3) is 10.2 Å². The zero-order valence-electron chi connectivity index (χ0n) is 13.3. The van der Waals surface area contributed by atoms with Gasteiger partial charge in [0.05, 0.1) is 15.8 Å². The van der Waals surface area contributed by atoms with Gasteiger partial charge in [-0.05, 0) is 36.4 Å². The molecule has 7 heteroatoms. The fourth-order valence-corrected chi connectivity index (χ4v) is 3.57. The number of aromatic nitrogens is 1. The predicted octanol–water partition coefficient (Wildman–Crippen LogP) is 3.18. The van der Waals surface area contributed by atoms with Crippen LogP contribution in [-0.2, 0) is 11.3 Å². The summed E-state index contributed by atoms with van der Waals surface area (Å²) in [5, 5.41) is 3.51. The first kappa shape index (κ1) is 15.6. The van der Waals surface area contributed by atoms with Crippen LogP contribution in [0.4, 0.5) is 10.5 Å². The van der Waals surface area contributed by atoms with E-state index < -0.39 is 5.97 Å². The lowest BCUT2D eigenvalue weighted by molar-refractivity contribution is 0.0472. The van der Waals surface area contributed by atoms with Crippen LogP contribution in [0.5, 0.6) is 0 Å². The zero-order chi connectivity index (χ0) is 17.2. The number of carbonyl (C=O) groups is 2. The van der Waals surface area contributed by atoms with Gasteiger partial charge in [0.2, 0.25) is 0 Å². The Bertz CT molecular complexity index is 903. The second-order valence-corrected chi connectivity index (χ2v) is 6.70. The molecule has 4 rings (SSSR count). The van der Waals surface area contributed by atoms with Crippen molar-refractivity contribution in [3.8, 4) is 0 Å². The minimum Gasteiger partial charge on any atom is -0.455 e. The summed E-state index contributed by atoms with van der Waals surface area (Å²) in [6.45, 7) is 1.40. The molecule has 2 aromatic carbocycles. The van der Waals surface area contributed by atoms with Crippen molar-refractivity contribution < 1.29 is 14.3 Å². The van der Waals surface area contributed by atoms with Crippen molar-refractivity contribution in [2.24, 2.45) is 0 Å². The number of urea groups is 1. The maximum absolute atomic E-state index is 12.2. The molecule has 2 amide bonds. The summed E-state index contributed by atoms with van der Waals surface area (Å²) in [7, 11) is 0. The molecule has 1 aliphatic rings. The van der Waals surface area contributed by atoms with E-state index in [0.29, 0.717) is 18.7 Å². The second-order valence-electron chi connectivity index (χ2n) is 5.58. The number of esters is 1. The molecule has 0 aliphatic carbocycles. The third kappa shape index (κ3) is 3.18. The molecule has 2 heterocycles. The average Bonchev–Trinajstić information content (AvgIpc) is 3.25. The molecular weight excluding hydrogens is 338 g/mol. The lowest BCUT2D eigenvalue weighted by atomic mass is 10.2. The Kier molecular flexibility index (Phi) is 4.07. The van der Waals surface area contributed by atoms with Crippen LogP contribution in [0.15, 0.2) is 48.5 Å². The predicted molar refractivity (Wildman–Crippen MR) is 95.9 cm³/mol. The number of anilines is 1. The van der Waals surface area contributed by atoms with E-state index in [1.54, 1.807) is 29.2 Å². The molecule has 1 N–H and O–H groups in total. The molecule has 0 saturated carbocycles.